The first-order valence-corrected chi connectivity index (χ1v) is 9.05. The molecule has 4 fully saturated rings. The fourth-order valence-corrected chi connectivity index (χ4v) is 5.35. The Balaban J connectivity index is 1.34. The maximum absolute atomic E-state index is 12.8. The fourth-order valence-electron chi connectivity index (χ4n) is 5.35. The highest BCUT2D eigenvalue weighted by Crippen LogP contribution is 2.57. The molecule has 2 unspecified atom stereocenters. The van der Waals surface area contributed by atoms with Crippen molar-refractivity contribution in [2.45, 2.75) is 70.6 Å². The van der Waals surface area contributed by atoms with Crippen LogP contribution in [0.1, 0.15) is 70.6 Å². The Kier molecular flexibility index (Phi) is 3.31. The predicted octanol–water partition coefficient (Wildman–Crippen LogP) is 4.00. The Bertz CT molecular complexity index is 381. The zero-order chi connectivity index (χ0) is 13.6. The molecule has 3 saturated carbocycles. The van der Waals surface area contributed by atoms with Crippen molar-refractivity contribution < 1.29 is 4.79 Å². The van der Waals surface area contributed by atoms with Crippen molar-refractivity contribution >= 4 is 5.91 Å². The van der Waals surface area contributed by atoms with E-state index in [4.69, 9.17) is 0 Å². The van der Waals surface area contributed by atoms with E-state index in [0.29, 0.717) is 17.2 Å². The van der Waals surface area contributed by atoms with Crippen LogP contribution in [0.5, 0.6) is 0 Å². The van der Waals surface area contributed by atoms with Crippen LogP contribution in [0.15, 0.2) is 0 Å². The largest absolute Gasteiger partial charge is 0.342 e. The zero-order valence-electron chi connectivity index (χ0n) is 12.8. The van der Waals surface area contributed by atoms with Gasteiger partial charge in [0.15, 0.2) is 0 Å². The van der Waals surface area contributed by atoms with Crippen LogP contribution >= 0.6 is 0 Å². The Morgan fingerprint density at radius 2 is 1.70 bits per heavy atom. The molecule has 1 spiro atoms. The first-order valence-electron chi connectivity index (χ1n) is 9.05. The van der Waals surface area contributed by atoms with Crippen LogP contribution in [0.3, 0.4) is 0 Å². The molecule has 2 heteroatoms. The molecule has 112 valence electrons. The minimum absolute atomic E-state index is 0.383. The van der Waals surface area contributed by atoms with Gasteiger partial charge in [0.05, 0.1) is 0 Å². The standard InChI is InChI=1S/C18H29NO/c20-17(15-6-3-8-18(12-15)9-10-18)19-11-7-16(13-19)14-4-1-2-5-14/h14-16H,1-13H2. The number of hydrogen-bond donors (Lipinski definition) is 0. The number of hydrogen-bond acceptors (Lipinski definition) is 1. The lowest BCUT2D eigenvalue weighted by Crippen LogP contribution is -2.37. The minimum atomic E-state index is 0.383. The minimum Gasteiger partial charge on any atom is -0.342 e. The Hall–Kier alpha value is -0.530. The molecule has 4 rings (SSSR count). The summed E-state index contributed by atoms with van der Waals surface area (Å²) in [6.45, 7) is 2.15. The SMILES string of the molecule is O=C(C1CCCC2(CC2)C1)N1CCC(C2CCCC2)C1. The molecule has 2 nitrogen and oxygen atoms in total. The number of likely N-dealkylation sites (tertiary alicyclic amines) is 1. The van der Waals surface area contributed by atoms with E-state index < -0.39 is 0 Å². The molecule has 4 aliphatic rings. The molecule has 1 amide bonds. The number of carbonyl (C=O) groups excluding carboxylic acids is 1. The predicted molar refractivity (Wildman–Crippen MR) is 80.3 cm³/mol. The Labute approximate surface area is 123 Å². The van der Waals surface area contributed by atoms with E-state index in [1.807, 2.05) is 0 Å². The van der Waals surface area contributed by atoms with Crippen LogP contribution in [-0.4, -0.2) is 23.9 Å². The summed E-state index contributed by atoms with van der Waals surface area (Å²) in [7, 11) is 0. The molecule has 0 aromatic carbocycles. The summed E-state index contributed by atoms with van der Waals surface area (Å²) in [5.41, 5.74) is 0.628. The molecule has 0 aromatic heterocycles. The molecule has 0 N–H and O–H groups in total. The maximum Gasteiger partial charge on any atom is 0.225 e. The van der Waals surface area contributed by atoms with Gasteiger partial charge in [0, 0.05) is 19.0 Å². The molecule has 1 aliphatic heterocycles. The summed E-state index contributed by atoms with van der Waals surface area (Å²) in [5, 5.41) is 0. The smallest absolute Gasteiger partial charge is 0.225 e. The molecule has 0 radical (unpaired) electrons. The molecule has 20 heavy (non-hydrogen) atoms. The monoisotopic (exact) mass is 275 g/mol. The molecule has 0 aromatic rings. The second-order valence-corrected chi connectivity index (χ2v) is 8.17. The Morgan fingerprint density at radius 1 is 0.900 bits per heavy atom. The third-order valence-corrected chi connectivity index (χ3v) is 6.85. The van der Waals surface area contributed by atoms with E-state index in [1.165, 1.54) is 70.6 Å². The molecule has 3 aliphatic carbocycles. The number of rotatable bonds is 2. The summed E-state index contributed by atoms with van der Waals surface area (Å²) in [6, 6.07) is 0. The van der Waals surface area contributed by atoms with E-state index in [9.17, 15) is 4.79 Å². The lowest BCUT2D eigenvalue weighted by atomic mass is 9.78. The van der Waals surface area contributed by atoms with Crippen LogP contribution in [0.25, 0.3) is 0 Å². The topological polar surface area (TPSA) is 20.3 Å². The van der Waals surface area contributed by atoms with Gasteiger partial charge in [-0.05, 0) is 55.8 Å². The lowest BCUT2D eigenvalue weighted by Gasteiger charge is -2.31. The van der Waals surface area contributed by atoms with Gasteiger partial charge in [-0.25, -0.2) is 0 Å². The lowest BCUT2D eigenvalue weighted by molar-refractivity contribution is -0.136. The second-order valence-electron chi connectivity index (χ2n) is 8.17. The maximum atomic E-state index is 12.8. The third-order valence-electron chi connectivity index (χ3n) is 6.85. The highest BCUT2D eigenvalue weighted by Gasteiger charge is 2.48. The quantitative estimate of drug-likeness (QED) is 0.746. The molecule has 1 heterocycles. The van der Waals surface area contributed by atoms with Gasteiger partial charge in [-0.3, -0.25) is 4.79 Å². The van der Waals surface area contributed by atoms with Crippen molar-refractivity contribution in [3.63, 3.8) is 0 Å². The van der Waals surface area contributed by atoms with Crippen molar-refractivity contribution in [2.75, 3.05) is 13.1 Å². The van der Waals surface area contributed by atoms with Crippen molar-refractivity contribution in [1.82, 2.24) is 4.90 Å². The van der Waals surface area contributed by atoms with E-state index in [-0.39, 0.29) is 0 Å². The van der Waals surface area contributed by atoms with Crippen LogP contribution in [0.4, 0.5) is 0 Å². The van der Waals surface area contributed by atoms with Gasteiger partial charge in [-0.1, -0.05) is 32.1 Å². The van der Waals surface area contributed by atoms with Crippen LogP contribution < -0.4 is 0 Å². The number of amides is 1. The van der Waals surface area contributed by atoms with Gasteiger partial charge in [0.1, 0.15) is 0 Å². The Morgan fingerprint density at radius 3 is 2.45 bits per heavy atom. The van der Waals surface area contributed by atoms with Crippen LogP contribution in [0, 0.1) is 23.2 Å². The van der Waals surface area contributed by atoms with E-state index in [2.05, 4.69) is 4.90 Å². The number of carbonyl (C=O) groups is 1. The van der Waals surface area contributed by atoms with E-state index in [1.54, 1.807) is 0 Å². The van der Waals surface area contributed by atoms with Gasteiger partial charge < -0.3 is 4.90 Å². The summed E-state index contributed by atoms with van der Waals surface area (Å²) >= 11 is 0. The van der Waals surface area contributed by atoms with E-state index >= 15 is 0 Å². The molecule has 1 saturated heterocycles. The van der Waals surface area contributed by atoms with Gasteiger partial charge in [-0.2, -0.15) is 0 Å². The van der Waals surface area contributed by atoms with Gasteiger partial charge in [-0.15, -0.1) is 0 Å². The van der Waals surface area contributed by atoms with Gasteiger partial charge in [0.2, 0.25) is 5.91 Å². The first kappa shape index (κ1) is 13.2. The summed E-state index contributed by atoms with van der Waals surface area (Å²) in [6.07, 6.45) is 14.9. The van der Waals surface area contributed by atoms with Crippen molar-refractivity contribution in [3.05, 3.63) is 0 Å². The first-order chi connectivity index (χ1) is 9.76. The normalized spacial score (nSPS) is 36.7. The van der Waals surface area contributed by atoms with Crippen LogP contribution in [-0.2, 0) is 4.79 Å². The van der Waals surface area contributed by atoms with Crippen LogP contribution in [0.2, 0.25) is 0 Å². The van der Waals surface area contributed by atoms with Crippen molar-refractivity contribution in [3.8, 4) is 0 Å². The zero-order valence-corrected chi connectivity index (χ0v) is 12.8. The second kappa shape index (κ2) is 5.03. The summed E-state index contributed by atoms with van der Waals surface area (Å²) in [4.78, 5) is 15.0. The molecular formula is C18H29NO. The highest BCUT2D eigenvalue weighted by atomic mass is 16.2. The summed E-state index contributed by atoms with van der Waals surface area (Å²) in [5.74, 6) is 2.68. The van der Waals surface area contributed by atoms with Gasteiger partial charge in [0.25, 0.3) is 0 Å². The van der Waals surface area contributed by atoms with Crippen molar-refractivity contribution in [2.24, 2.45) is 23.2 Å². The molecular weight excluding hydrogens is 246 g/mol. The third kappa shape index (κ3) is 2.40. The average Bonchev–Trinajstić information content (AvgIpc) is 2.94. The van der Waals surface area contributed by atoms with Gasteiger partial charge >= 0.3 is 0 Å². The fraction of sp³-hybridized carbons (Fsp3) is 0.944. The molecule has 2 atom stereocenters. The van der Waals surface area contributed by atoms with E-state index in [0.717, 1.165) is 24.9 Å². The average molecular weight is 275 g/mol. The molecule has 0 bridgehead atoms. The summed E-state index contributed by atoms with van der Waals surface area (Å²) < 4.78 is 0. The number of nitrogens with zero attached hydrogens (tertiary/aromatic N) is 1. The van der Waals surface area contributed by atoms with Crippen molar-refractivity contribution in [1.29, 1.82) is 0 Å². The highest BCUT2D eigenvalue weighted by molar-refractivity contribution is 5.79.